The van der Waals surface area contributed by atoms with Crippen molar-refractivity contribution in [3.05, 3.63) is 35.9 Å². The lowest BCUT2D eigenvalue weighted by Crippen LogP contribution is -2.45. The Balaban J connectivity index is 1.57. The fourth-order valence-corrected chi connectivity index (χ4v) is 3.09. The van der Waals surface area contributed by atoms with E-state index in [9.17, 15) is 4.79 Å². The Hall–Kier alpha value is -2.80. The SMILES string of the molecule is CC(C)(N)C(=O)Nc1ccc(Oc2cccc3c2C2(CC2)CO3)nc1N. The highest BCUT2D eigenvalue weighted by Gasteiger charge is 2.52. The third-order valence-corrected chi connectivity index (χ3v) is 4.82. The monoisotopic (exact) mass is 354 g/mol. The van der Waals surface area contributed by atoms with Gasteiger partial charge in [0.15, 0.2) is 5.82 Å². The fourth-order valence-electron chi connectivity index (χ4n) is 3.09. The van der Waals surface area contributed by atoms with Gasteiger partial charge in [-0.15, -0.1) is 0 Å². The van der Waals surface area contributed by atoms with Crippen molar-refractivity contribution >= 4 is 17.4 Å². The maximum absolute atomic E-state index is 12.0. The predicted molar refractivity (Wildman–Crippen MR) is 98.5 cm³/mol. The summed E-state index contributed by atoms with van der Waals surface area (Å²) in [6, 6.07) is 9.11. The van der Waals surface area contributed by atoms with Crippen molar-refractivity contribution in [2.24, 2.45) is 5.73 Å². The van der Waals surface area contributed by atoms with Crippen LogP contribution in [0.5, 0.6) is 17.4 Å². The van der Waals surface area contributed by atoms with Crippen LogP contribution in [-0.4, -0.2) is 23.0 Å². The second-order valence-corrected chi connectivity index (χ2v) is 7.56. The third-order valence-electron chi connectivity index (χ3n) is 4.82. The van der Waals surface area contributed by atoms with E-state index >= 15 is 0 Å². The van der Waals surface area contributed by atoms with E-state index in [1.54, 1.807) is 26.0 Å². The molecular formula is C19H22N4O3. The number of nitrogens with zero attached hydrogens (tertiary/aromatic N) is 1. The van der Waals surface area contributed by atoms with E-state index in [2.05, 4.69) is 10.3 Å². The summed E-state index contributed by atoms with van der Waals surface area (Å²) in [7, 11) is 0. The van der Waals surface area contributed by atoms with E-state index in [-0.39, 0.29) is 17.1 Å². The number of anilines is 2. The van der Waals surface area contributed by atoms with Gasteiger partial charge in [0.25, 0.3) is 0 Å². The molecule has 1 amide bonds. The minimum Gasteiger partial charge on any atom is -0.492 e. The van der Waals surface area contributed by atoms with Crippen molar-refractivity contribution in [2.75, 3.05) is 17.7 Å². The lowest BCUT2D eigenvalue weighted by Gasteiger charge is -2.18. The predicted octanol–water partition coefficient (Wildman–Crippen LogP) is 2.56. The number of rotatable bonds is 4. The number of ether oxygens (including phenoxy) is 2. The molecule has 1 aliphatic carbocycles. The fraction of sp³-hybridized carbons (Fsp3) is 0.368. The van der Waals surface area contributed by atoms with Gasteiger partial charge in [-0.3, -0.25) is 4.79 Å². The number of fused-ring (bicyclic) bond motifs is 2. The van der Waals surface area contributed by atoms with Gasteiger partial charge in [0.05, 0.1) is 17.8 Å². The van der Waals surface area contributed by atoms with Crippen LogP contribution in [0.25, 0.3) is 0 Å². The van der Waals surface area contributed by atoms with Crippen LogP contribution in [0.4, 0.5) is 11.5 Å². The molecule has 2 heterocycles. The number of nitrogens with two attached hydrogens (primary N) is 2. The molecule has 0 unspecified atom stereocenters. The largest absolute Gasteiger partial charge is 0.492 e. The minimum atomic E-state index is -1.01. The molecule has 2 aromatic rings. The first kappa shape index (κ1) is 16.7. The molecule has 1 fully saturated rings. The Morgan fingerprint density at radius 3 is 2.73 bits per heavy atom. The first-order valence-electron chi connectivity index (χ1n) is 8.60. The van der Waals surface area contributed by atoms with Gasteiger partial charge in [0.1, 0.15) is 11.5 Å². The Morgan fingerprint density at radius 2 is 2.08 bits per heavy atom. The average molecular weight is 354 g/mol. The molecule has 1 spiro atoms. The summed E-state index contributed by atoms with van der Waals surface area (Å²) in [5.41, 5.74) is 12.4. The first-order valence-corrected chi connectivity index (χ1v) is 8.60. The molecular weight excluding hydrogens is 332 g/mol. The summed E-state index contributed by atoms with van der Waals surface area (Å²) in [5.74, 6) is 1.81. The highest BCUT2D eigenvalue weighted by molar-refractivity contribution is 5.99. The summed E-state index contributed by atoms with van der Waals surface area (Å²) in [6.07, 6.45) is 2.21. The molecule has 136 valence electrons. The van der Waals surface area contributed by atoms with Gasteiger partial charge in [-0.05, 0) is 44.9 Å². The number of hydrogen-bond donors (Lipinski definition) is 3. The van der Waals surface area contributed by atoms with Gasteiger partial charge < -0.3 is 26.3 Å². The Morgan fingerprint density at radius 1 is 1.31 bits per heavy atom. The number of nitrogens with one attached hydrogen (secondary N) is 1. The number of pyridine rings is 1. The van der Waals surface area contributed by atoms with E-state index in [1.807, 2.05) is 18.2 Å². The van der Waals surface area contributed by atoms with Crippen LogP contribution in [0.3, 0.4) is 0 Å². The van der Waals surface area contributed by atoms with Crippen LogP contribution < -0.4 is 26.3 Å². The molecule has 26 heavy (non-hydrogen) atoms. The van der Waals surface area contributed by atoms with Crippen molar-refractivity contribution in [3.63, 3.8) is 0 Å². The molecule has 7 heteroatoms. The Labute approximate surface area is 151 Å². The zero-order chi connectivity index (χ0) is 18.5. The van der Waals surface area contributed by atoms with Gasteiger partial charge >= 0.3 is 0 Å². The maximum atomic E-state index is 12.0. The number of carbonyl (C=O) groups is 1. The molecule has 5 N–H and O–H groups in total. The molecule has 1 aromatic heterocycles. The Bertz CT molecular complexity index is 885. The van der Waals surface area contributed by atoms with Gasteiger partial charge in [-0.2, -0.15) is 4.98 Å². The molecule has 2 aliphatic rings. The third kappa shape index (κ3) is 2.84. The highest BCUT2D eigenvalue weighted by atomic mass is 16.5. The number of hydrogen-bond acceptors (Lipinski definition) is 6. The summed E-state index contributed by atoms with van der Waals surface area (Å²) in [5, 5.41) is 2.68. The van der Waals surface area contributed by atoms with E-state index in [0.717, 1.165) is 29.9 Å². The van der Waals surface area contributed by atoms with Crippen LogP contribution in [0.15, 0.2) is 30.3 Å². The molecule has 7 nitrogen and oxygen atoms in total. The molecule has 1 saturated carbocycles. The van der Waals surface area contributed by atoms with Crippen LogP contribution in [-0.2, 0) is 10.2 Å². The summed E-state index contributed by atoms with van der Waals surface area (Å²) < 4.78 is 11.8. The zero-order valence-electron chi connectivity index (χ0n) is 14.8. The van der Waals surface area contributed by atoms with Crippen molar-refractivity contribution in [1.82, 2.24) is 4.98 Å². The Kier molecular flexibility index (Phi) is 3.59. The van der Waals surface area contributed by atoms with Crippen LogP contribution in [0, 0.1) is 0 Å². The topological polar surface area (TPSA) is 112 Å². The summed E-state index contributed by atoms with van der Waals surface area (Å²) >= 11 is 0. The van der Waals surface area contributed by atoms with Crippen LogP contribution >= 0.6 is 0 Å². The van der Waals surface area contributed by atoms with Gasteiger partial charge in [0, 0.05) is 17.0 Å². The number of benzene rings is 1. The summed E-state index contributed by atoms with van der Waals surface area (Å²) in [6.45, 7) is 3.95. The minimum absolute atomic E-state index is 0.0953. The van der Waals surface area contributed by atoms with E-state index < -0.39 is 5.54 Å². The molecule has 0 bridgehead atoms. The van der Waals surface area contributed by atoms with Crippen molar-refractivity contribution < 1.29 is 14.3 Å². The molecule has 1 aliphatic heterocycles. The van der Waals surface area contributed by atoms with Gasteiger partial charge in [-0.25, -0.2) is 0 Å². The average Bonchev–Trinajstić information content (AvgIpc) is 3.25. The normalized spacial score (nSPS) is 16.7. The molecule has 0 saturated heterocycles. The highest BCUT2D eigenvalue weighted by Crippen LogP contribution is 2.58. The summed E-state index contributed by atoms with van der Waals surface area (Å²) in [4.78, 5) is 16.3. The zero-order valence-corrected chi connectivity index (χ0v) is 14.8. The van der Waals surface area contributed by atoms with E-state index in [0.29, 0.717) is 18.2 Å². The molecule has 1 aromatic carbocycles. The number of amides is 1. The standard InChI is InChI=1S/C19H22N4O3/c1-18(2,21)17(24)22-11-6-7-14(23-16(11)20)26-13-5-3-4-12-15(13)19(8-9-19)10-25-12/h3-7H,8-10,21H2,1-2H3,(H2,20,23)(H,22,24). The molecule has 0 atom stereocenters. The maximum Gasteiger partial charge on any atom is 0.243 e. The lowest BCUT2D eigenvalue weighted by molar-refractivity contribution is -0.120. The number of nitrogen functional groups attached to an aromatic ring is 1. The van der Waals surface area contributed by atoms with Crippen molar-refractivity contribution in [3.8, 4) is 17.4 Å². The van der Waals surface area contributed by atoms with Gasteiger partial charge in [0.2, 0.25) is 11.8 Å². The first-order chi connectivity index (χ1) is 12.3. The van der Waals surface area contributed by atoms with E-state index in [4.69, 9.17) is 20.9 Å². The van der Waals surface area contributed by atoms with Crippen LogP contribution in [0.1, 0.15) is 32.3 Å². The van der Waals surface area contributed by atoms with Gasteiger partial charge in [-0.1, -0.05) is 6.07 Å². The molecule has 0 radical (unpaired) electrons. The molecule has 4 rings (SSSR count). The quantitative estimate of drug-likeness (QED) is 0.778. The number of aromatic nitrogens is 1. The van der Waals surface area contributed by atoms with Crippen LogP contribution in [0.2, 0.25) is 0 Å². The van der Waals surface area contributed by atoms with E-state index in [1.165, 1.54) is 0 Å². The number of carbonyl (C=O) groups excluding carboxylic acids is 1. The smallest absolute Gasteiger partial charge is 0.243 e. The second-order valence-electron chi connectivity index (χ2n) is 7.56. The lowest BCUT2D eigenvalue weighted by atomic mass is 9.97. The second kappa shape index (κ2) is 5.60. The van der Waals surface area contributed by atoms with Crippen molar-refractivity contribution in [2.45, 2.75) is 37.6 Å². The van der Waals surface area contributed by atoms with Crippen molar-refractivity contribution in [1.29, 1.82) is 0 Å².